The first-order valence-corrected chi connectivity index (χ1v) is 12.1. The second kappa shape index (κ2) is 10.7. The maximum atomic E-state index is 11.5. The van der Waals surface area contributed by atoms with Gasteiger partial charge in [-0.15, -0.1) is 0 Å². The Morgan fingerprint density at radius 2 is 1.80 bits per heavy atom. The van der Waals surface area contributed by atoms with Crippen LogP contribution in [0.5, 0.6) is 0 Å². The molecule has 0 spiro atoms. The number of anilines is 1. The summed E-state index contributed by atoms with van der Waals surface area (Å²) < 4.78 is 6.07. The van der Waals surface area contributed by atoms with Crippen LogP contribution in [0.2, 0.25) is 0 Å². The van der Waals surface area contributed by atoms with Crippen molar-refractivity contribution in [3.63, 3.8) is 0 Å². The molecule has 0 N–H and O–H groups in total. The molecule has 0 aromatic heterocycles. The molecule has 3 aliphatic heterocycles. The van der Waals surface area contributed by atoms with Gasteiger partial charge in [-0.05, 0) is 82.3 Å². The number of carbonyl (C=O) groups excluding carboxylic acids is 1. The number of piperazine rings is 1. The molecule has 5 heteroatoms. The van der Waals surface area contributed by atoms with Crippen LogP contribution in [0.15, 0.2) is 24.3 Å². The Balaban J connectivity index is 1.15. The van der Waals surface area contributed by atoms with Crippen LogP contribution < -0.4 is 4.90 Å². The van der Waals surface area contributed by atoms with Gasteiger partial charge in [0, 0.05) is 56.6 Å². The number of nitrogens with zero attached hydrogens (tertiary/aromatic N) is 3. The first-order chi connectivity index (χ1) is 14.7. The van der Waals surface area contributed by atoms with Crippen molar-refractivity contribution in [3.05, 3.63) is 29.8 Å². The molecule has 166 valence electrons. The van der Waals surface area contributed by atoms with Crippen LogP contribution in [0.25, 0.3) is 0 Å². The number of fused-ring (bicyclic) bond motifs is 1. The summed E-state index contributed by atoms with van der Waals surface area (Å²) in [4.78, 5) is 19.3. The predicted molar refractivity (Wildman–Crippen MR) is 122 cm³/mol. The fourth-order valence-electron chi connectivity index (χ4n) is 5.36. The van der Waals surface area contributed by atoms with E-state index in [0.717, 1.165) is 38.4 Å². The van der Waals surface area contributed by atoms with Gasteiger partial charge in [0.2, 0.25) is 0 Å². The minimum absolute atomic E-state index is 0.137. The van der Waals surface area contributed by atoms with Gasteiger partial charge in [0.15, 0.2) is 5.78 Å². The molecule has 30 heavy (non-hydrogen) atoms. The molecule has 2 atom stereocenters. The molecule has 0 radical (unpaired) electrons. The van der Waals surface area contributed by atoms with E-state index in [1.165, 1.54) is 70.4 Å². The third kappa shape index (κ3) is 5.83. The highest BCUT2D eigenvalue weighted by Crippen LogP contribution is 2.28. The molecular formula is C25H39N3O2. The van der Waals surface area contributed by atoms with Crippen LogP contribution in [0.1, 0.15) is 55.8 Å². The van der Waals surface area contributed by atoms with E-state index in [4.69, 9.17) is 4.74 Å². The number of Topliss-reactive ketones (excluding diaryl/α,β-unsaturated/α-hetero) is 1. The molecule has 3 saturated heterocycles. The van der Waals surface area contributed by atoms with Gasteiger partial charge in [0.05, 0.1) is 6.61 Å². The quantitative estimate of drug-likeness (QED) is 0.480. The average Bonchev–Trinajstić information content (AvgIpc) is 2.79. The number of likely N-dealkylation sites (tertiary alicyclic amines) is 1. The summed E-state index contributed by atoms with van der Waals surface area (Å²) in [5.41, 5.74) is 2.05. The molecule has 1 aromatic rings. The van der Waals surface area contributed by atoms with Crippen molar-refractivity contribution < 1.29 is 9.53 Å². The zero-order valence-corrected chi connectivity index (χ0v) is 18.7. The lowest BCUT2D eigenvalue weighted by Crippen LogP contribution is -2.57. The molecule has 3 fully saturated rings. The van der Waals surface area contributed by atoms with E-state index in [9.17, 15) is 4.79 Å². The molecular weight excluding hydrogens is 374 g/mol. The number of carbonyl (C=O) groups is 1. The van der Waals surface area contributed by atoms with Crippen LogP contribution >= 0.6 is 0 Å². The third-order valence-electron chi connectivity index (χ3n) is 7.21. The maximum Gasteiger partial charge on any atom is 0.159 e. The average molecular weight is 414 g/mol. The van der Waals surface area contributed by atoms with E-state index in [1.54, 1.807) is 6.92 Å². The Hall–Kier alpha value is -1.43. The van der Waals surface area contributed by atoms with Crippen molar-refractivity contribution in [1.82, 2.24) is 9.80 Å². The fourth-order valence-corrected chi connectivity index (χ4v) is 5.36. The Bertz CT molecular complexity index is 671. The van der Waals surface area contributed by atoms with Crippen molar-refractivity contribution in [1.29, 1.82) is 0 Å². The Kier molecular flexibility index (Phi) is 7.80. The van der Waals surface area contributed by atoms with Gasteiger partial charge in [-0.1, -0.05) is 6.42 Å². The van der Waals surface area contributed by atoms with Crippen LogP contribution in [-0.2, 0) is 4.74 Å². The molecule has 1 aromatic carbocycles. The lowest BCUT2D eigenvalue weighted by molar-refractivity contribution is 0.0307. The van der Waals surface area contributed by atoms with E-state index in [1.807, 2.05) is 12.1 Å². The fraction of sp³-hybridized carbons (Fsp3) is 0.720. The highest BCUT2D eigenvalue weighted by Gasteiger charge is 2.33. The third-order valence-corrected chi connectivity index (χ3v) is 7.21. The molecule has 4 rings (SSSR count). The second-order valence-corrected chi connectivity index (χ2v) is 9.47. The summed E-state index contributed by atoms with van der Waals surface area (Å²) in [5.74, 6) is 0.830. The minimum atomic E-state index is 0.137. The zero-order chi connectivity index (χ0) is 20.8. The molecule has 0 bridgehead atoms. The summed E-state index contributed by atoms with van der Waals surface area (Å²) in [5, 5.41) is 0. The maximum absolute atomic E-state index is 11.5. The van der Waals surface area contributed by atoms with Crippen molar-refractivity contribution in [3.8, 4) is 0 Å². The van der Waals surface area contributed by atoms with Gasteiger partial charge in [-0.3, -0.25) is 9.69 Å². The number of hydrogen-bond acceptors (Lipinski definition) is 5. The van der Waals surface area contributed by atoms with Crippen molar-refractivity contribution >= 4 is 11.5 Å². The smallest absolute Gasteiger partial charge is 0.159 e. The Morgan fingerprint density at radius 3 is 2.57 bits per heavy atom. The summed E-state index contributed by atoms with van der Waals surface area (Å²) in [6.45, 7) is 11.8. The molecule has 0 amide bonds. The van der Waals surface area contributed by atoms with Crippen LogP contribution in [0, 0.1) is 5.92 Å². The van der Waals surface area contributed by atoms with E-state index >= 15 is 0 Å². The lowest BCUT2D eigenvalue weighted by Gasteiger charge is -2.47. The van der Waals surface area contributed by atoms with Gasteiger partial charge >= 0.3 is 0 Å². The van der Waals surface area contributed by atoms with E-state index in [-0.39, 0.29) is 5.78 Å². The van der Waals surface area contributed by atoms with E-state index < -0.39 is 0 Å². The topological polar surface area (TPSA) is 36.0 Å². The van der Waals surface area contributed by atoms with Gasteiger partial charge in [-0.2, -0.15) is 0 Å². The first-order valence-electron chi connectivity index (χ1n) is 12.1. The molecule has 0 unspecified atom stereocenters. The first kappa shape index (κ1) is 21.8. The standard InChI is InChI=1S/C25H39N3O2/c1-21(29)23-7-10-24(11-8-23)28-16-15-27-18-22(6-9-25(27)19-28)20-30-17-5-14-26-12-3-2-4-13-26/h7-8,10-11,22,25H,2-6,9,12-20H2,1H3/t22-,25-/m1/s1. The van der Waals surface area contributed by atoms with Crippen LogP contribution in [0.4, 0.5) is 5.69 Å². The number of benzene rings is 1. The number of ether oxygens (including phenoxy) is 1. The van der Waals surface area contributed by atoms with Crippen molar-refractivity contribution in [2.45, 2.75) is 51.5 Å². The van der Waals surface area contributed by atoms with Gasteiger partial charge in [0.1, 0.15) is 0 Å². The minimum Gasteiger partial charge on any atom is -0.381 e. The highest BCUT2D eigenvalue weighted by molar-refractivity contribution is 5.94. The number of hydrogen-bond donors (Lipinski definition) is 0. The zero-order valence-electron chi connectivity index (χ0n) is 18.7. The number of rotatable bonds is 8. The number of piperidine rings is 2. The normalized spacial score (nSPS) is 25.8. The van der Waals surface area contributed by atoms with Crippen molar-refractivity contribution in [2.24, 2.45) is 5.92 Å². The van der Waals surface area contributed by atoms with Gasteiger partial charge < -0.3 is 14.5 Å². The van der Waals surface area contributed by atoms with E-state index in [2.05, 4.69) is 26.8 Å². The summed E-state index contributed by atoms with van der Waals surface area (Å²) in [7, 11) is 0. The summed E-state index contributed by atoms with van der Waals surface area (Å²) in [6, 6.07) is 8.79. The molecule has 3 heterocycles. The number of ketones is 1. The second-order valence-electron chi connectivity index (χ2n) is 9.47. The molecule has 3 aliphatic rings. The van der Waals surface area contributed by atoms with Gasteiger partial charge in [0.25, 0.3) is 0 Å². The van der Waals surface area contributed by atoms with E-state index in [0.29, 0.717) is 12.0 Å². The Morgan fingerprint density at radius 1 is 1.00 bits per heavy atom. The van der Waals surface area contributed by atoms with Gasteiger partial charge in [-0.25, -0.2) is 0 Å². The summed E-state index contributed by atoms with van der Waals surface area (Å²) in [6.07, 6.45) is 7.89. The molecule has 5 nitrogen and oxygen atoms in total. The monoisotopic (exact) mass is 413 g/mol. The molecule has 0 aliphatic carbocycles. The van der Waals surface area contributed by atoms with Crippen LogP contribution in [0.3, 0.4) is 0 Å². The largest absolute Gasteiger partial charge is 0.381 e. The SMILES string of the molecule is CC(=O)c1ccc(N2CCN3C[C@H](COCCCN4CCCCC4)CC[C@@H]3C2)cc1. The van der Waals surface area contributed by atoms with Crippen molar-refractivity contribution in [2.75, 3.05) is 63.9 Å². The summed E-state index contributed by atoms with van der Waals surface area (Å²) >= 11 is 0. The predicted octanol–water partition coefficient (Wildman–Crippen LogP) is 3.68. The lowest BCUT2D eigenvalue weighted by atomic mass is 9.91. The Labute approximate surface area is 182 Å². The molecule has 0 saturated carbocycles. The highest BCUT2D eigenvalue weighted by atomic mass is 16.5. The van der Waals surface area contributed by atoms with Crippen LogP contribution in [-0.4, -0.2) is 80.7 Å².